The van der Waals surface area contributed by atoms with Crippen molar-refractivity contribution in [3.05, 3.63) is 46.7 Å². The number of nitrogen functional groups attached to an aromatic ring is 1. The molecule has 2 rings (SSSR count). The van der Waals surface area contributed by atoms with Crippen LogP contribution in [0.15, 0.2) is 30.3 Å². The first-order chi connectivity index (χ1) is 9.93. The van der Waals surface area contributed by atoms with Gasteiger partial charge in [-0.25, -0.2) is 9.18 Å². The highest BCUT2D eigenvalue weighted by Crippen LogP contribution is 2.32. The van der Waals surface area contributed by atoms with Crippen LogP contribution in [0.2, 0.25) is 5.02 Å². The number of ether oxygens (including phenoxy) is 1. The Morgan fingerprint density at radius 2 is 2.10 bits per heavy atom. The van der Waals surface area contributed by atoms with E-state index in [0.29, 0.717) is 16.5 Å². The second-order valence-corrected chi connectivity index (χ2v) is 4.57. The standard InChI is InChI=1S/C14H12ClFN2O3/c1-21-11-6-7(2-3-8(11)15)18-10-5-4-9(16)13(17)12(10)14(19)20/h2-6,18H,17H2,1H3,(H,19,20). The van der Waals surface area contributed by atoms with Gasteiger partial charge < -0.3 is 20.9 Å². The Morgan fingerprint density at radius 3 is 2.71 bits per heavy atom. The molecule has 0 aliphatic carbocycles. The van der Waals surface area contributed by atoms with E-state index in [4.69, 9.17) is 27.2 Å². The van der Waals surface area contributed by atoms with Gasteiger partial charge in [0, 0.05) is 11.8 Å². The van der Waals surface area contributed by atoms with Crippen LogP contribution in [0, 0.1) is 5.82 Å². The lowest BCUT2D eigenvalue weighted by molar-refractivity contribution is 0.0698. The lowest BCUT2D eigenvalue weighted by Gasteiger charge is -2.13. The predicted octanol–water partition coefficient (Wildman–Crippen LogP) is 3.51. The van der Waals surface area contributed by atoms with Gasteiger partial charge >= 0.3 is 5.97 Å². The number of hydrogen-bond acceptors (Lipinski definition) is 4. The average molecular weight is 311 g/mol. The van der Waals surface area contributed by atoms with E-state index in [1.54, 1.807) is 18.2 Å². The fourth-order valence-electron chi connectivity index (χ4n) is 1.82. The van der Waals surface area contributed by atoms with Crippen LogP contribution in [0.4, 0.5) is 21.5 Å². The van der Waals surface area contributed by atoms with E-state index < -0.39 is 17.5 Å². The van der Waals surface area contributed by atoms with Crippen molar-refractivity contribution in [2.75, 3.05) is 18.2 Å². The van der Waals surface area contributed by atoms with Crippen molar-refractivity contribution in [1.29, 1.82) is 0 Å². The summed E-state index contributed by atoms with van der Waals surface area (Å²) in [6.07, 6.45) is 0. The maximum atomic E-state index is 13.4. The molecule has 5 nitrogen and oxygen atoms in total. The van der Waals surface area contributed by atoms with Crippen LogP contribution in [0.25, 0.3) is 0 Å². The van der Waals surface area contributed by atoms with E-state index in [0.717, 1.165) is 6.07 Å². The van der Waals surface area contributed by atoms with Crippen LogP contribution in [-0.4, -0.2) is 18.2 Å². The van der Waals surface area contributed by atoms with E-state index in [2.05, 4.69) is 5.32 Å². The fourth-order valence-corrected chi connectivity index (χ4v) is 2.02. The molecule has 21 heavy (non-hydrogen) atoms. The topological polar surface area (TPSA) is 84.6 Å². The maximum Gasteiger partial charge on any atom is 0.340 e. The van der Waals surface area contributed by atoms with Gasteiger partial charge in [-0.05, 0) is 24.3 Å². The summed E-state index contributed by atoms with van der Waals surface area (Å²) >= 11 is 5.91. The van der Waals surface area contributed by atoms with Gasteiger partial charge in [-0.2, -0.15) is 0 Å². The first-order valence-electron chi connectivity index (χ1n) is 5.86. The summed E-state index contributed by atoms with van der Waals surface area (Å²) in [6, 6.07) is 7.22. The zero-order chi connectivity index (χ0) is 15.6. The monoisotopic (exact) mass is 310 g/mol. The molecule has 0 fully saturated rings. The van der Waals surface area contributed by atoms with Crippen LogP contribution < -0.4 is 15.8 Å². The summed E-state index contributed by atoms with van der Waals surface area (Å²) in [5, 5.41) is 12.4. The van der Waals surface area contributed by atoms with Crippen LogP contribution >= 0.6 is 11.6 Å². The zero-order valence-electron chi connectivity index (χ0n) is 11.0. The molecule has 0 atom stereocenters. The number of carbonyl (C=O) groups is 1. The molecular weight excluding hydrogens is 299 g/mol. The van der Waals surface area contributed by atoms with Crippen molar-refractivity contribution >= 4 is 34.6 Å². The Balaban J connectivity index is 2.44. The number of carboxylic acid groups (broad SMARTS) is 1. The molecule has 0 aliphatic rings. The number of carboxylic acids is 1. The number of benzene rings is 2. The molecule has 110 valence electrons. The Bertz CT molecular complexity index is 707. The number of nitrogens with one attached hydrogen (secondary N) is 1. The number of aromatic carboxylic acids is 1. The predicted molar refractivity (Wildman–Crippen MR) is 79.1 cm³/mol. The summed E-state index contributed by atoms with van der Waals surface area (Å²) in [6.45, 7) is 0. The van der Waals surface area contributed by atoms with E-state index in [1.165, 1.54) is 13.2 Å². The summed E-state index contributed by atoms with van der Waals surface area (Å²) in [4.78, 5) is 11.2. The quantitative estimate of drug-likeness (QED) is 0.752. The van der Waals surface area contributed by atoms with Gasteiger partial charge in [0.1, 0.15) is 17.1 Å². The molecule has 0 spiro atoms. The molecule has 0 saturated carbocycles. The van der Waals surface area contributed by atoms with Gasteiger partial charge in [-0.1, -0.05) is 11.6 Å². The highest BCUT2D eigenvalue weighted by molar-refractivity contribution is 6.32. The molecule has 0 heterocycles. The van der Waals surface area contributed by atoms with Gasteiger partial charge in [-0.3, -0.25) is 0 Å². The third-order valence-corrected chi connectivity index (χ3v) is 3.15. The van der Waals surface area contributed by atoms with Crippen LogP contribution in [0.5, 0.6) is 5.75 Å². The molecule has 0 amide bonds. The van der Waals surface area contributed by atoms with E-state index in [-0.39, 0.29) is 11.3 Å². The molecule has 2 aromatic rings. The lowest BCUT2D eigenvalue weighted by atomic mass is 10.1. The third-order valence-electron chi connectivity index (χ3n) is 2.84. The van der Waals surface area contributed by atoms with Gasteiger partial charge in [0.2, 0.25) is 0 Å². The number of nitrogens with two attached hydrogens (primary N) is 1. The zero-order valence-corrected chi connectivity index (χ0v) is 11.7. The molecule has 0 aliphatic heterocycles. The third kappa shape index (κ3) is 3.00. The second kappa shape index (κ2) is 5.88. The summed E-state index contributed by atoms with van der Waals surface area (Å²) in [5.41, 5.74) is 5.43. The molecule has 0 aromatic heterocycles. The van der Waals surface area contributed by atoms with Crippen molar-refractivity contribution < 1.29 is 19.0 Å². The van der Waals surface area contributed by atoms with Crippen molar-refractivity contribution in [2.24, 2.45) is 0 Å². The van der Waals surface area contributed by atoms with Gasteiger partial charge in [-0.15, -0.1) is 0 Å². The van der Waals surface area contributed by atoms with Crippen LogP contribution in [0.1, 0.15) is 10.4 Å². The fraction of sp³-hybridized carbons (Fsp3) is 0.0714. The summed E-state index contributed by atoms with van der Waals surface area (Å²) < 4.78 is 18.4. The smallest absolute Gasteiger partial charge is 0.340 e. The minimum atomic E-state index is -1.32. The highest BCUT2D eigenvalue weighted by atomic mass is 35.5. The number of methoxy groups -OCH3 is 1. The molecule has 7 heteroatoms. The van der Waals surface area contributed by atoms with Crippen molar-refractivity contribution in [3.63, 3.8) is 0 Å². The van der Waals surface area contributed by atoms with E-state index in [1.807, 2.05) is 0 Å². The molecule has 0 saturated heterocycles. The summed E-state index contributed by atoms with van der Waals surface area (Å²) in [7, 11) is 1.46. The number of anilines is 3. The molecular formula is C14H12ClFN2O3. The minimum absolute atomic E-state index is 0.172. The normalized spacial score (nSPS) is 10.2. The second-order valence-electron chi connectivity index (χ2n) is 4.16. The molecule has 2 aromatic carbocycles. The Hall–Kier alpha value is -2.47. The van der Waals surface area contributed by atoms with E-state index in [9.17, 15) is 9.18 Å². The molecule has 0 radical (unpaired) electrons. The molecule has 0 bridgehead atoms. The molecule has 4 N–H and O–H groups in total. The van der Waals surface area contributed by atoms with Gasteiger partial charge in [0.15, 0.2) is 0 Å². The SMILES string of the molecule is COc1cc(Nc2ccc(F)c(N)c2C(=O)O)ccc1Cl. The Kier molecular flexibility index (Phi) is 4.18. The van der Waals surface area contributed by atoms with Crippen molar-refractivity contribution in [1.82, 2.24) is 0 Å². The van der Waals surface area contributed by atoms with E-state index >= 15 is 0 Å². The van der Waals surface area contributed by atoms with Crippen molar-refractivity contribution in [2.45, 2.75) is 0 Å². The Labute approximate surface area is 125 Å². The van der Waals surface area contributed by atoms with Gasteiger partial charge in [0.25, 0.3) is 0 Å². The van der Waals surface area contributed by atoms with Gasteiger partial charge in [0.05, 0.1) is 23.5 Å². The first-order valence-corrected chi connectivity index (χ1v) is 6.23. The van der Waals surface area contributed by atoms with Crippen molar-refractivity contribution in [3.8, 4) is 5.75 Å². The summed E-state index contributed by atoms with van der Waals surface area (Å²) in [5.74, 6) is -1.68. The average Bonchev–Trinajstić information content (AvgIpc) is 2.44. The number of hydrogen-bond donors (Lipinski definition) is 3. The highest BCUT2D eigenvalue weighted by Gasteiger charge is 2.17. The lowest BCUT2D eigenvalue weighted by Crippen LogP contribution is -2.08. The number of halogens is 2. The maximum absolute atomic E-state index is 13.4. The minimum Gasteiger partial charge on any atom is -0.495 e. The molecule has 0 unspecified atom stereocenters. The Morgan fingerprint density at radius 1 is 1.38 bits per heavy atom. The largest absolute Gasteiger partial charge is 0.495 e. The van der Waals surface area contributed by atoms with Crippen LogP contribution in [0.3, 0.4) is 0 Å². The first kappa shape index (κ1) is 14.9. The van der Waals surface area contributed by atoms with Crippen LogP contribution in [-0.2, 0) is 0 Å². The number of rotatable bonds is 4.